The molecule has 0 aromatic rings. The lowest BCUT2D eigenvalue weighted by Crippen LogP contribution is -2.41. The topological polar surface area (TPSA) is 80.9 Å². The highest BCUT2D eigenvalue weighted by Gasteiger charge is 2.29. The monoisotopic (exact) mass is 206 g/mol. The van der Waals surface area contributed by atoms with E-state index >= 15 is 0 Å². The van der Waals surface area contributed by atoms with Gasteiger partial charge in [-0.3, -0.25) is 0 Å². The van der Waals surface area contributed by atoms with Crippen LogP contribution in [0.15, 0.2) is 0 Å². The third kappa shape index (κ3) is 5.54. The first-order chi connectivity index (χ1) is 6.19. The van der Waals surface area contributed by atoms with Crippen molar-refractivity contribution in [1.29, 1.82) is 0 Å². The van der Waals surface area contributed by atoms with E-state index in [1.54, 1.807) is 13.8 Å². The second-order valence-corrected chi connectivity index (χ2v) is 4.72. The van der Waals surface area contributed by atoms with Crippen LogP contribution in [0, 0.1) is 0 Å². The zero-order chi connectivity index (χ0) is 11.4. The van der Waals surface area contributed by atoms with Crippen molar-refractivity contribution in [3.8, 4) is 0 Å². The lowest BCUT2D eigenvalue weighted by Gasteiger charge is -2.28. The first kappa shape index (κ1) is 13.8. The fourth-order valence-corrected chi connectivity index (χ4v) is 1.24. The van der Waals surface area contributed by atoms with Crippen LogP contribution in [0.25, 0.3) is 0 Å². The molecule has 0 fully saturated rings. The molecule has 86 valence electrons. The predicted octanol–water partition coefficient (Wildman–Crippen LogP) is 0.0318. The number of hydrogen-bond acceptors (Lipinski definition) is 4. The van der Waals surface area contributed by atoms with Crippen LogP contribution in [0.4, 0.5) is 0 Å². The van der Waals surface area contributed by atoms with Gasteiger partial charge in [0, 0.05) is 0 Å². The summed E-state index contributed by atoms with van der Waals surface area (Å²) >= 11 is 0. The van der Waals surface area contributed by atoms with Crippen molar-refractivity contribution in [2.45, 2.75) is 57.3 Å². The Kier molecular flexibility index (Phi) is 5.01. The molecule has 0 saturated heterocycles. The average Bonchev–Trinajstić information content (AvgIpc) is 2.00. The quantitative estimate of drug-likeness (QED) is 0.494. The van der Waals surface area contributed by atoms with Crippen LogP contribution in [0.1, 0.15) is 40.0 Å². The molecule has 4 nitrogen and oxygen atoms in total. The van der Waals surface area contributed by atoms with Crippen molar-refractivity contribution in [3.05, 3.63) is 0 Å². The summed E-state index contributed by atoms with van der Waals surface area (Å²) in [5, 5.41) is 37.0. The van der Waals surface area contributed by atoms with E-state index in [4.69, 9.17) is 5.11 Å². The SMILES string of the molecule is CC(C)(O)CCCC(C)(O)C(O)CO. The predicted molar refractivity (Wildman–Crippen MR) is 53.9 cm³/mol. The van der Waals surface area contributed by atoms with Crippen molar-refractivity contribution >= 4 is 0 Å². The normalized spacial score (nSPS) is 19.1. The minimum Gasteiger partial charge on any atom is -0.394 e. The number of hydrogen-bond donors (Lipinski definition) is 4. The molecule has 4 heteroatoms. The fourth-order valence-electron chi connectivity index (χ4n) is 1.24. The Morgan fingerprint density at radius 2 is 1.57 bits per heavy atom. The first-order valence-electron chi connectivity index (χ1n) is 4.93. The van der Waals surface area contributed by atoms with Gasteiger partial charge in [0.25, 0.3) is 0 Å². The largest absolute Gasteiger partial charge is 0.394 e. The summed E-state index contributed by atoms with van der Waals surface area (Å²) < 4.78 is 0. The molecule has 0 aliphatic rings. The molecule has 0 amide bonds. The van der Waals surface area contributed by atoms with Crippen LogP contribution in [-0.4, -0.2) is 44.3 Å². The molecule has 0 aromatic carbocycles. The molecule has 0 rings (SSSR count). The fraction of sp³-hybridized carbons (Fsp3) is 1.00. The van der Waals surface area contributed by atoms with Crippen molar-refractivity contribution in [1.82, 2.24) is 0 Å². The van der Waals surface area contributed by atoms with Gasteiger partial charge in [0.05, 0.1) is 17.8 Å². The van der Waals surface area contributed by atoms with E-state index in [9.17, 15) is 15.3 Å². The van der Waals surface area contributed by atoms with Crippen LogP contribution in [-0.2, 0) is 0 Å². The summed E-state index contributed by atoms with van der Waals surface area (Å²) in [6.45, 7) is 4.43. The summed E-state index contributed by atoms with van der Waals surface area (Å²) in [4.78, 5) is 0. The van der Waals surface area contributed by atoms with Gasteiger partial charge >= 0.3 is 0 Å². The van der Waals surface area contributed by atoms with Crippen LogP contribution < -0.4 is 0 Å². The Morgan fingerprint density at radius 3 is 1.93 bits per heavy atom. The van der Waals surface area contributed by atoms with Crippen LogP contribution in [0.5, 0.6) is 0 Å². The molecule has 0 bridgehead atoms. The molecule has 0 aromatic heterocycles. The van der Waals surface area contributed by atoms with Gasteiger partial charge < -0.3 is 20.4 Å². The van der Waals surface area contributed by atoms with Gasteiger partial charge in [0.1, 0.15) is 6.10 Å². The van der Waals surface area contributed by atoms with E-state index < -0.39 is 23.9 Å². The lowest BCUT2D eigenvalue weighted by molar-refractivity contribution is -0.0901. The van der Waals surface area contributed by atoms with Crippen molar-refractivity contribution in [2.24, 2.45) is 0 Å². The maximum absolute atomic E-state index is 9.69. The molecule has 0 aliphatic carbocycles. The minimum absolute atomic E-state index is 0.360. The van der Waals surface area contributed by atoms with Gasteiger partial charge in [-0.05, 0) is 40.0 Å². The van der Waals surface area contributed by atoms with Crippen molar-refractivity contribution in [2.75, 3.05) is 6.61 Å². The molecular weight excluding hydrogens is 184 g/mol. The van der Waals surface area contributed by atoms with Crippen molar-refractivity contribution in [3.63, 3.8) is 0 Å². The van der Waals surface area contributed by atoms with E-state index in [1.807, 2.05) is 0 Å². The smallest absolute Gasteiger partial charge is 0.105 e. The summed E-state index contributed by atoms with van der Waals surface area (Å²) in [6.07, 6.45) is 0.400. The van der Waals surface area contributed by atoms with E-state index in [0.717, 1.165) is 0 Å². The Hall–Kier alpha value is -0.160. The highest BCUT2D eigenvalue weighted by atomic mass is 16.4. The van der Waals surface area contributed by atoms with Gasteiger partial charge in [-0.2, -0.15) is 0 Å². The molecule has 0 spiro atoms. The Labute approximate surface area is 85.2 Å². The standard InChI is InChI=1S/C10H22O4/c1-9(2,13)5-4-6-10(3,14)8(12)7-11/h8,11-14H,4-7H2,1-3H3. The second-order valence-electron chi connectivity index (χ2n) is 4.72. The molecular formula is C10H22O4. The van der Waals surface area contributed by atoms with Gasteiger partial charge in [0.2, 0.25) is 0 Å². The molecule has 0 aliphatic heterocycles. The average molecular weight is 206 g/mol. The minimum atomic E-state index is -1.28. The van der Waals surface area contributed by atoms with Crippen LogP contribution in [0.2, 0.25) is 0 Å². The molecule has 14 heavy (non-hydrogen) atoms. The summed E-state index contributed by atoms with van der Waals surface area (Å²) in [5.41, 5.74) is -2.03. The van der Waals surface area contributed by atoms with E-state index in [1.165, 1.54) is 6.92 Å². The molecule has 2 unspecified atom stereocenters. The van der Waals surface area contributed by atoms with Crippen molar-refractivity contribution < 1.29 is 20.4 Å². The summed E-state index contributed by atoms with van der Waals surface area (Å²) in [5.74, 6) is 0. The molecule has 2 atom stereocenters. The third-order valence-electron chi connectivity index (χ3n) is 2.36. The highest BCUT2D eigenvalue weighted by Crippen LogP contribution is 2.21. The van der Waals surface area contributed by atoms with Gasteiger partial charge in [0.15, 0.2) is 0 Å². The maximum Gasteiger partial charge on any atom is 0.105 e. The number of aliphatic hydroxyl groups excluding tert-OH is 2. The maximum atomic E-state index is 9.69. The van der Waals surface area contributed by atoms with E-state index in [0.29, 0.717) is 19.3 Å². The first-order valence-corrected chi connectivity index (χ1v) is 4.93. The second kappa shape index (κ2) is 5.07. The lowest BCUT2D eigenvalue weighted by atomic mass is 9.90. The van der Waals surface area contributed by atoms with E-state index in [2.05, 4.69) is 0 Å². The van der Waals surface area contributed by atoms with Crippen LogP contribution in [0.3, 0.4) is 0 Å². The molecule has 4 N–H and O–H groups in total. The van der Waals surface area contributed by atoms with Crippen LogP contribution >= 0.6 is 0 Å². The third-order valence-corrected chi connectivity index (χ3v) is 2.36. The summed E-state index contributed by atoms with van der Waals surface area (Å²) in [7, 11) is 0. The molecule has 0 radical (unpaired) electrons. The zero-order valence-corrected chi connectivity index (χ0v) is 9.19. The van der Waals surface area contributed by atoms with E-state index in [-0.39, 0.29) is 0 Å². The number of aliphatic hydroxyl groups is 4. The zero-order valence-electron chi connectivity index (χ0n) is 9.19. The Bertz CT molecular complexity index is 160. The molecule has 0 heterocycles. The Morgan fingerprint density at radius 1 is 1.07 bits per heavy atom. The molecule has 0 saturated carbocycles. The van der Waals surface area contributed by atoms with Gasteiger partial charge in [-0.15, -0.1) is 0 Å². The number of rotatable bonds is 6. The van der Waals surface area contributed by atoms with Gasteiger partial charge in [-0.25, -0.2) is 0 Å². The highest BCUT2D eigenvalue weighted by molar-refractivity contribution is 4.82. The Balaban J connectivity index is 3.88. The van der Waals surface area contributed by atoms with Gasteiger partial charge in [-0.1, -0.05) is 0 Å². The summed E-state index contributed by atoms with van der Waals surface area (Å²) in [6, 6.07) is 0.